The van der Waals surface area contributed by atoms with Crippen LogP contribution in [0.4, 0.5) is 11.4 Å². The van der Waals surface area contributed by atoms with Crippen LogP contribution in [0.15, 0.2) is 199 Å². The van der Waals surface area contributed by atoms with Gasteiger partial charge in [0.05, 0.1) is 5.41 Å². The highest BCUT2D eigenvalue weighted by Crippen LogP contribution is 2.63. The van der Waals surface area contributed by atoms with E-state index in [9.17, 15) is 0 Å². The van der Waals surface area contributed by atoms with Crippen molar-refractivity contribution in [1.29, 1.82) is 0 Å². The second-order valence-corrected chi connectivity index (χ2v) is 18.3. The third-order valence-electron chi connectivity index (χ3n) is 15.2. The molecule has 0 N–H and O–H groups in total. The fraction of sp³-hybridized carbons (Fsp3) is 0.111. The molecule has 1 nitrogen and oxygen atoms in total. The van der Waals surface area contributed by atoms with Gasteiger partial charge in [0.15, 0.2) is 0 Å². The molecule has 0 heterocycles. The molecule has 0 saturated heterocycles. The summed E-state index contributed by atoms with van der Waals surface area (Å²) in [5.41, 5.74) is 30.4. The van der Waals surface area contributed by atoms with E-state index in [4.69, 9.17) is 0 Å². The van der Waals surface area contributed by atoms with Gasteiger partial charge in [0.2, 0.25) is 0 Å². The molecule has 0 fully saturated rings. The summed E-state index contributed by atoms with van der Waals surface area (Å²) >= 11 is 0. The van der Waals surface area contributed by atoms with Crippen molar-refractivity contribution >= 4 is 28.1 Å². The number of anilines is 2. The Bertz CT molecular complexity index is 3380. The monoisotopic (exact) mass is 813 g/mol. The lowest BCUT2D eigenvalue weighted by molar-refractivity contribution is 0.793. The Morgan fingerprint density at radius 1 is 0.484 bits per heavy atom. The Morgan fingerprint density at radius 2 is 1.20 bits per heavy atom. The number of hydrogen-bond acceptors (Lipinski definition) is 1. The van der Waals surface area contributed by atoms with Crippen LogP contribution >= 0.6 is 0 Å². The topological polar surface area (TPSA) is 3.24 Å². The van der Waals surface area contributed by atoms with Gasteiger partial charge in [-0.2, -0.15) is 0 Å². The lowest BCUT2D eigenvalue weighted by Crippen LogP contribution is -2.26. The molecule has 1 spiro atoms. The van der Waals surface area contributed by atoms with Crippen LogP contribution in [0.1, 0.15) is 81.3 Å². The summed E-state index contributed by atoms with van der Waals surface area (Å²) in [5, 5.41) is 0. The first kappa shape index (κ1) is 35.9. The molecule has 6 aliphatic carbocycles. The quantitative estimate of drug-likeness (QED) is 0.171. The summed E-state index contributed by atoms with van der Waals surface area (Å²) in [5.74, 6) is 0. The summed E-state index contributed by atoms with van der Waals surface area (Å²) in [6.07, 6.45) is 13.2. The van der Waals surface area contributed by atoms with Crippen molar-refractivity contribution in [3.63, 3.8) is 0 Å². The van der Waals surface area contributed by atoms with Crippen LogP contribution in [0.3, 0.4) is 0 Å². The molecule has 0 aromatic heterocycles. The molecular weight excluding hydrogens is 771 g/mol. The number of allylic oxidation sites excluding steroid dienone is 8. The molecular formula is C63H43N. The van der Waals surface area contributed by atoms with Gasteiger partial charge in [0.25, 0.3) is 0 Å². The van der Waals surface area contributed by atoms with E-state index in [2.05, 4.69) is 205 Å². The van der Waals surface area contributed by atoms with Crippen molar-refractivity contribution in [3.8, 4) is 33.4 Å². The Hall–Kier alpha value is -7.66. The normalized spacial score (nSPS) is 16.3. The smallest absolute Gasteiger partial charge is 0.0733 e. The fourth-order valence-electron chi connectivity index (χ4n) is 12.6. The minimum atomic E-state index is -0.477. The van der Waals surface area contributed by atoms with E-state index in [1.165, 1.54) is 117 Å². The summed E-state index contributed by atoms with van der Waals surface area (Å²) < 4.78 is 0. The van der Waals surface area contributed by atoms with Crippen molar-refractivity contribution in [1.82, 2.24) is 0 Å². The highest BCUT2D eigenvalue weighted by atomic mass is 15.2. The Balaban J connectivity index is 1.03. The van der Waals surface area contributed by atoms with E-state index in [0.29, 0.717) is 0 Å². The van der Waals surface area contributed by atoms with Crippen molar-refractivity contribution < 1.29 is 0 Å². The molecule has 1 heteroatoms. The summed E-state index contributed by atoms with van der Waals surface area (Å²) in [6.45, 7) is 0. The summed E-state index contributed by atoms with van der Waals surface area (Å²) in [4.78, 5) is 2.62. The average Bonchev–Trinajstić information content (AvgIpc) is 3.99. The van der Waals surface area contributed by atoms with Gasteiger partial charge in [-0.15, -0.1) is 0 Å². The van der Waals surface area contributed by atoms with Gasteiger partial charge in [-0.1, -0.05) is 164 Å². The first-order chi connectivity index (χ1) is 31.8. The fourth-order valence-corrected chi connectivity index (χ4v) is 12.6. The van der Waals surface area contributed by atoms with Crippen LogP contribution in [-0.2, 0) is 18.3 Å². The molecule has 0 unspecified atom stereocenters. The van der Waals surface area contributed by atoms with Gasteiger partial charge in [-0.3, -0.25) is 0 Å². The standard InChI is InChI=1S/C63H43N/c1-2-16-40(17-3-1)47-20-9-13-31-62(47)64(44-33-35-55-54-23-8-12-30-60(54)63(61(55)38-44)58-28-10-6-21-52(58)53-22-7-11-29-59(53)63)43-32-34-46-42(37-43)36-41-18-4-5-19-45(41)48-24-14-26-50-51-27-15-25-49(46)57(51)39-56(48)50/h1-7,9-12,15-22,25-30,32-35,37-38H,13-14,24,31,36,39H2. The Kier molecular flexibility index (Phi) is 7.66. The van der Waals surface area contributed by atoms with Crippen LogP contribution in [0.5, 0.6) is 0 Å². The largest absolute Gasteiger partial charge is 0.314 e. The molecule has 64 heavy (non-hydrogen) atoms. The van der Waals surface area contributed by atoms with Crippen molar-refractivity contribution in [3.05, 3.63) is 267 Å². The maximum absolute atomic E-state index is 3.62. The van der Waals surface area contributed by atoms with E-state index in [1.807, 2.05) is 0 Å². The van der Waals surface area contributed by atoms with Crippen molar-refractivity contribution in [2.45, 2.75) is 43.9 Å². The minimum Gasteiger partial charge on any atom is -0.314 e. The van der Waals surface area contributed by atoms with Crippen molar-refractivity contribution in [2.24, 2.45) is 0 Å². The van der Waals surface area contributed by atoms with E-state index in [-0.39, 0.29) is 0 Å². The van der Waals surface area contributed by atoms with E-state index >= 15 is 0 Å². The second kappa shape index (κ2) is 13.7. The minimum absolute atomic E-state index is 0.477. The lowest BCUT2D eigenvalue weighted by atomic mass is 9.70. The molecule has 0 atom stereocenters. The van der Waals surface area contributed by atoms with Crippen LogP contribution in [0, 0.1) is 12.1 Å². The van der Waals surface area contributed by atoms with Gasteiger partial charge in [-0.05, 0) is 175 Å². The SMILES string of the molecule is c1ccc2c(c#1)-c1ccc(N(C3=C(c4ccccc4)C=CCC3)c3ccc4c(c3)Cc3ccccc3C3=C5Cc6c(cccc6-4)C5=CCC3)cc1C21c2ccccc2-c2ccccc21. The third-order valence-corrected chi connectivity index (χ3v) is 15.2. The van der Waals surface area contributed by atoms with Crippen LogP contribution < -0.4 is 4.90 Å². The lowest BCUT2D eigenvalue weighted by Gasteiger charge is -2.34. The zero-order valence-corrected chi connectivity index (χ0v) is 35.6. The highest BCUT2D eigenvalue weighted by Gasteiger charge is 2.52. The average molecular weight is 814 g/mol. The van der Waals surface area contributed by atoms with Gasteiger partial charge in [0.1, 0.15) is 0 Å². The van der Waals surface area contributed by atoms with Crippen LogP contribution in [0.2, 0.25) is 0 Å². The van der Waals surface area contributed by atoms with Crippen molar-refractivity contribution in [2.75, 3.05) is 4.90 Å². The van der Waals surface area contributed by atoms with Gasteiger partial charge >= 0.3 is 0 Å². The Morgan fingerprint density at radius 3 is 2.05 bits per heavy atom. The third kappa shape index (κ3) is 4.92. The van der Waals surface area contributed by atoms with E-state index in [1.54, 1.807) is 5.57 Å². The zero-order valence-electron chi connectivity index (χ0n) is 35.6. The second-order valence-electron chi connectivity index (χ2n) is 18.3. The molecule has 300 valence electrons. The number of fused-ring (bicyclic) bond motifs is 15. The molecule has 8 aromatic carbocycles. The number of rotatable bonds is 4. The highest BCUT2D eigenvalue weighted by molar-refractivity contribution is 6.00. The molecule has 14 rings (SSSR count). The molecule has 0 aliphatic heterocycles. The predicted molar refractivity (Wildman–Crippen MR) is 263 cm³/mol. The summed E-state index contributed by atoms with van der Waals surface area (Å²) in [7, 11) is 0. The maximum Gasteiger partial charge on any atom is 0.0733 e. The van der Waals surface area contributed by atoms with Gasteiger partial charge in [0, 0.05) is 28.2 Å². The zero-order chi connectivity index (χ0) is 41.9. The molecule has 0 radical (unpaired) electrons. The van der Waals surface area contributed by atoms with E-state index in [0.717, 1.165) is 44.1 Å². The number of benzene rings is 7. The Labute approximate surface area is 375 Å². The molecule has 0 saturated carbocycles. The van der Waals surface area contributed by atoms with Gasteiger partial charge in [-0.25, -0.2) is 0 Å². The first-order valence-electron chi connectivity index (χ1n) is 23.0. The number of nitrogens with zero attached hydrogens (tertiary/aromatic N) is 1. The first-order valence-corrected chi connectivity index (χ1v) is 23.0. The van der Waals surface area contributed by atoms with E-state index < -0.39 is 5.41 Å². The van der Waals surface area contributed by atoms with Crippen LogP contribution in [0.25, 0.3) is 50.1 Å². The van der Waals surface area contributed by atoms with Gasteiger partial charge < -0.3 is 4.90 Å². The molecule has 8 aromatic rings. The van der Waals surface area contributed by atoms with Crippen LogP contribution in [-0.4, -0.2) is 0 Å². The molecule has 2 bridgehead atoms. The predicted octanol–water partition coefficient (Wildman–Crippen LogP) is 15.3. The maximum atomic E-state index is 3.62. The summed E-state index contributed by atoms with van der Waals surface area (Å²) in [6, 6.07) is 71.4. The number of hydrogen-bond donors (Lipinski definition) is 0. The molecule has 0 amide bonds. The molecule has 6 aliphatic rings.